The fourth-order valence-electron chi connectivity index (χ4n) is 3.28. The smallest absolute Gasteiger partial charge is 0.0726 e. The van der Waals surface area contributed by atoms with Crippen LogP contribution in [0.1, 0.15) is 29.8 Å². The van der Waals surface area contributed by atoms with E-state index in [4.69, 9.17) is 0 Å². The molecule has 0 radical (unpaired) electrons. The Bertz CT molecular complexity index is 603. The Balaban J connectivity index is 1.45. The van der Waals surface area contributed by atoms with Crippen molar-refractivity contribution in [3.05, 3.63) is 53.9 Å². The second-order valence-corrected chi connectivity index (χ2v) is 7.02. The molecule has 5 nitrogen and oxygen atoms in total. The molecule has 0 spiro atoms. The van der Waals surface area contributed by atoms with Gasteiger partial charge in [-0.1, -0.05) is 0 Å². The molecule has 3 heterocycles. The topological polar surface area (TPSA) is 45.2 Å². The Morgan fingerprint density at radius 1 is 1.04 bits per heavy atom. The van der Waals surface area contributed by atoms with Crippen molar-refractivity contribution in [3.8, 4) is 0 Å². The van der Waals surface area contributed by atoms with E-state index in [0.29, 0.717) is 0 Å². The molecular weight excluding hydrogens is 298 g/mol. The third-order valence-corrected chi connectivity index (χ3v) is 4.60. The lowest BCUT2D eigenvalue weighted by molar-refractivity contribution is 0.176. The van der Waals surface area contributed by atoms with E-state index in [2.05, 4.69) is 51.0 Å². The largest absolute Gasteiger partial charge is 0.304 e. The minimum Gasteiger partial charge on any atom is -0.304 e. The molecule has 24 heavy (non-hydrogen) atoms. The zero-order valence-corrected chi connectivity index (χ0v) is 14.7. The van der Waals surface area contributed by atoms with Crippen molar-refractivity contribution in [3.63, 3.8) is 0 Å². The summed E-state index contributed by atoms with van der Waals surface area (Å²) >= 11 is 0. The molecule has 128 valence electrons. The van der Waals surface area contributed by atoms with Crippen molar-refractivity contribution in [2.45, 2.75) is 32.4 Å². The zero-order chi connectivity index (χ0) is 16.8. The summed E-state index contributed by atoms with van der Waals surface area (Å²) in [5, 5.41) is 0. The van der Waals surface area contributed by atoms with Crippen LogP contribution in [-0.4, -0.2) is 51.9 Å². The highest BCUT2D eigenvalue weighted by Gasteiger charge is 2.20. The van der Waals surface area contributed by atoms with Gasteiger partial charge in [-0.25, -0.2) is 0 Å². The monoisotopic (exact) mass is 325 g/mol. The van der Waals surface area contributed by atoms with Crippen LogP contribution in [0.25, 0.3) is 0 Å². The lowest BCUT2D eigenvalue weighted by Gasteiger charge is -2.31. The Hall–Kier alpha value is -1.85. The molecule has 1 aliphatic rings. The van der Waals surface area contributed by atoms with Gasteiger partial charge in [-0.2, -0.15) is 0 Å². The van der Waals surface area contributed by atoms with Gasteiger partial charge in [-0.15, -0.1) is 0 Å². The van der Waals surface area contributed by atoms with E-state index in [-0.39, 0.29) is 0 Å². The van der Waals surface area contributed by atoms with Crippen LogP contribution in [-0.2, 0) is 19.5 Å². The van der Waals surface area contributed by atoms with Crippen LogP contribution in [0.4, 0.5) is 0 Å². The first-order valence-electron chi connectivity index (χ1n) is 8.75. The van der Waals surface area contributed by atoms with Crippen molar-refractivity contribution < 1.29 is 0 Å². The molecule has 5 heteroatoms. The number of aromatic nitrogens is 3. The molecule has 2 aromatic rings. The average molecular weight is 325 g/mol. The number of likely N-dealkylation sites (tertiary alicyclic amines) is 1. The van der Waals surface area contributed by atoms with Crippen LogP contribution in [0.5, 0.6) is 0 Å². The van der Waals surface area contributed by atoms with Gasteiger partial charge in [0.1, 0.15) is 0 Å². The fraction of sp³-hybridized carbons (Fsp3) is 0.526. The third kappa shape index (κ3) is 5.08. The molecule has 0 amide bonds. The molecule has 0 N–H and O–H groups in total. The van der Waals surface area contributed by atoms with E-state index in [9.17, 15) is 0 Å². The lowest BCUT2D eigenvalue weighted by atomic mass is 9.92. The lowest BCUT2D eigenvalue weighted by Crippen LogP contribution is -2.34. The highest BCUT2D eigenvalue weighted by atomic mass is 15.1. The number of piperidine rings is 1. The summed E-state index contributed by atoms with van der Waals surface area (Å²) in [6.07, 6.45) is 11.2. The van der Waals surface area contributed by atoms with Crippen LogP contribution in [0, 0.1) is 5.92 Å². The maximum absolute atomic E-state index is 4.60. The average Bonchev–Trinajstić information content (AvgIpc) is 2.59. The number of nitrogens with zero attached hydrogens (tertiary/aromatic N) is 5. The van der Waals surface area contributed by atoms with Gasteiger partial charge in [-0.3, -0.25) is 19.9 Å². The van der Waals surface area contributed by atoms with E-state index >= 15 is 0 Å². The molecule has 0 aromatic carbocycles. The molecular formula is C19H27N5. The third-order valence-electron chi connectivity index (χ3n) is 4.60. The van der Waals surface area contributed by atoms with Crippen molar-refractivity contribution in [1.82, 2.24) is 24.8 Å². The van der Waals surface area contributed by atoms with E-state index in [0.717, 1.165) is 36.8 Å². The first-order chi connectivity index (χ1) is 11.7. The van der Waals surface area contributed by atoms with Crippen molar-refractivity contribution >= 4 is 0 Å². The quantitative estimate of drug-likeness (QED) is 0.816. The zero-order valence-electron chi connectivity index (χ0n) is 14.7. The Morgan fingerprint density at radius 3 is 2.33 bits per heavy atom. The summed E-state index contributed by atoms with van der Waals surface area (Å²) in [5.41, 5.74) is 3.52. The highest BCUT2D eigenvalue weighted by molar-refractivity contribution is 5.09. The Labute approximate surface area is 144 Å². The molecule has 2 aromatic heterocycles. The van der Waals surface area contributed by atoms with Crippen LogP contribution in [0.3, 0.4) is 0 Å². The SMILES string of the molecule is CN(C)Cc1cnc(CC2CCN(Cc3ccncc3)CC2)cn1. The van der Waals surface area contributed by atoms with Crippen molar-refractivity contribution in [1.29, 1.82) is 0 Å². The number of rotatable bonds is 6. The summed E-state index contributed by atoms with van der Waals surface area (Å²) in [6, 6.07) is 4.22. The summed E-state index contributed by atoms with van der Waals surface area (Å²) in [6.45, 7) is 4.22. The highest BCUT2D eigenvalue weighted by Crippen LogP contribution is 2.22. The van der Waals surface area contributed by atoms with Crippen LogP contribution < -0.4 is 0 Å². The predicted molar refractivity (Wildman–Crippen MR) is 95.4 cm³/mol. The molecule has 0 unspecified atom stereocenters. The van der Waals surface area contributed by atoms with Gasteiger partial charge >= 0.3 is 0 Å². The number of pyridine rings is 1. The summed E-state index contributed by atoms with van der Waals surface area (Å²) < 4.78 is 0. The molecule has 1 saturated heterocycles. The van der Waals surface area contributed by atoms with Gasteiger partial charge in [0.15, 0.2) is 0 Å². The molecule has 3 rings (SSSR count). The first kappa shape index (κ1) is 17.0. The standard InChI is InChI=1S/C19H27N5/c1-23(2)15-19-13-21-18(12-22-19)11-16-5-9-24(10-6-16)14-17-3-7-20-8-4-17/h3-4,7-8,12-13,16H,5-6,9-11,14-15H2,1-2H3. The molecule has 1 aliphatic heterocycles. The maximum atomic E-state index is 4.60. The number of hydrogen-bond acceptors (Lipinski definition) is 5. The van der Waals surface area contributed by atoms with Crippen LogP contribution >= 0.6 is 0 Å². The molecule has 0 aliphatic carbocycles. The first-order valence-corrected chi connectivity index (χ1v) is 8.75. The van der Waals surface area contributed by atoms with E-state index in [1.807, 2.05) is 24.8 Å². The molecule has 0 saturated carbocycles. The van der Waals surface area contributed by atoms with E-state index in [1.165, 1.54) is 31.5 Å². The second-order valence-electron chi connectivity index (χ2n) is 7.02. The van der Waals surface area contributed by atoms with Gasteiger partial charge < -0.3 is 4.90 Å². The molecule has 0 atom stereocenters. The van der Waals surface area contributed by atoms with E-state index in [1.54, 1.807) is 0 Å². The summed E-state index contributed by atoms with van der Waals surface area (Å²) in [4.78, 5) is 17.9. The minimum absolute atomic E-state index is 0.729. The summed E-state index contributed by atoms with van der Waals surface area (Å²) in [7, 11) is 4.10. The predicted octanol–water partition coefficient (Wildman–Crippen LogP) is 2.39. The fourth-order valence-corrected chi connectivity index (χ4v) is 3.28. The van der Waals surface area contributed by atoms with Gasteiger partial charge in [0, 0.05) is 31.7 Å². The van der Waals surface area contributed by atoms with Crippen LogP contribution in [0.2, 0.25) is 0 Å². The Kier molecular flexibility index (Phi) is 5.88. The molecule has 0 bridgehead atoms. The van der Waals surface area contributed by atoms with Crippen molar-refractivity contribution in [2.24, 2.45) is 5.92 Å². The molecule has 1 fully saturated rings. The maximum Gasteiger partial charge on any atom is 0.0726 e. The Morgan fingerprint density at radius 2 is 1.71 bits per heavy atom. The van der Waals surface area contributed by atoms with Gasteiger partial charge in [0.05, 0.1) is 17.6 Å². The van der Waals surface area contributed by atoms with Crippen LogP contribution in [0.15, 0.2) is 36.9 Å². The minimum atomic E-state index is 0.729. The van der Waals surface area contributed by atoms with Gasteiger partial charge in [-0.05, 0) is 70.1 Å². The van der Waals surface area contributed by atoms with Crippen molar-refractivity contribution in [2.75, 3.05) is 27.2 Å². The van der Waals surface area contributed by atoms with Gasteiger partial charge in [0.25, 0.3) is 0 Å². The summed E-state index contributed by atoms with van der Waals surface area (Å²) in [5.74, 6) is 0.729. The number of hydrogen-bond donors (Lipinski definition) is 0. The van der Waals surface area contributed by atoms with E-state index < -0.39 is 0 Å². The second kappa shape index (κ2) is 8.31. The normalized spacial score (nSPS) is 16.6. The van der Waals surface area contributed by atoms with Gasteiger partial charge in [0.2, 0.25) is 0 Å².